The molecule has 1 atom stereocenters. The zero-order valence-corrected chi connectivity index (χ0v) is 20.5. The highest BCUT2D eigenvalue weighted by Gasteiger charge is 2.36. The molecule has 35 heavy (non-hydrogen) atoms. The normalized spacial score (nSPS) is 20.7. The second kappa shape index (κ2) is 9.12. The average molecular weight is 498 g/mol. The van der Waals surface area contributed by atoms with Crippen molar-refractivity contribution in [3.05, 3.63) is 39.9 Å². The number of carbonyl (C=O) groups excluding carboxylic acids is 1. The number of pyridine rings is 2. The smallest absolute Gasteiger partial charge is 0.341 e. The van der Waals surface area contributed by atoms with Crippen molar-refractivity contribution in [1.29, 1.82) is 0 Å². The number of carboxylic acid groups (broad SMARTS) is 1. The number of carboxylic acids is 1. The van der Waals surface area contributed by atoms with Gasteiger partial charge in [0.05, 0.1) is 16.9 Å². The van der Waals surface area contributed by atoms with Crippen LogP contribution < -0.4 is 10.3 Å². The molecule has 2 saturated heterocycles. The zero-order chi connectivity index (χ0) is 24.7. The number of aryl methyl sites for hydroxylation is 1. The first-order valence-corrected chi connectivity index (χ1v) is 12.5. The lowest BCUT2D eigenvalue weighted by molar-refractivity contribution is -0.126. The Hall–Kier alpha value is -3.18. The summed E-state index contributed by atoms with van der Waals surface area (Å²) in [6.45, 7) is 5.75. The summed E-state index contributed by atoms with van der Waals surface area (Å²) in [5, 5.41) is 10.2. The lowest BCUT2D eigenvalue weighted by Crippen LogP contribution is -2.51. The Bertz CT molecular complexity index is 1340. The Labute approximate surface area is 205 Å². The van der Waals surface area contributed by atoms with E-state index < -0.39 is 11.4 Å². The molecule has 0 radical (unpaired) electrons. The maximum absolute atomic E-state index is 12.9. The molecule has 3 aromatic rings. The Morgan fingerprint density at radius 1 is 1.31 bits per heavy atom. The van der Waals surface area contributed by atoms with Gasteiger partial charge in [0.1, 0.15) is 23.5 Å². The lowest BCUT2D eigenvalue weighted by Gasteiger charge is -2.40. The van der Waals surface area contributed by atoms with Crippen LogP contribution in [0.4, 0.5) is 5.82 Å². The van der Waals surface area contributed by atoms with Gasteiger partial charge in [-0.25, -0.2) is 14.8 Å². The van der Waals surface area contributed by atoms with Crippen LogP contribution in [0.3, 0.4) is 0 Å². The van der Waals surface area contributed by atoms with E-state index in [9.17, 15) is 19.5 Å². The van der Waals surface area contributed by atoms with E-state index in [2.05, 4.69) is 16.3 Å². The number of hydrogen-bond donors (Lipinski definition) is 1. The highest BCUT2D eigenvalue weighted by Crippen LogP contribution is 2.32. The molecule has 5 heterocycles. The number of aromatic carboxylic acids is 1. The molecule has 0 bridgehead atoms. The molecular weight excluding hydrogens is 470 g/mol. The van der Waals surface area contributed by atoms with Crippen LogP contribution in [0.25, 0.3) is 16.2 Å². The standard InChI is InChI=1S/C24H27N5O5S/c1-14-9-18(28-10-15(11-28)17(30)5-7-24(2)6-3-4-8-34-24)27-21-19(14)20(31)16(22(32)33)12-29(21)23-25-13-26-35-23/h9,12-13,15H,3-8,10-11H2,1-2H3,(H,32,33). The van der Waals surface area contributed by atoms with E-state index in [0.717, 1.165) is 43.8 Å². The van der Waals surface area contributed by atoms with Crippen molar-refractivity contribution in [2.45, 2.75) is 51.6 Å². The van der Waals surface area contributed by atoms with Crippen LogP contribution in [0.5, 0.6) is 0 Å². The summed E-state index contributed by atoms with van der Waals surface area (Å²) in [6.07, 6.45) is 7.10. The van der Waals surface area contributed by atoms with E-state index in [1.807, 2.05) is 4.90 Å². The molecule has 11 heteroatoms. The molecular formula is C24H27N5O5S. The third-order valence-corrected chi connectivity index (χ3v) is 7.70. The van der Waals surface area contributed by atoms with Crippen LogP contribution in [-0.4, -0.2) is 61.1 Å². The Kier molecular flexibility index (Phi) is 6.14. The predicted molar refractivity (Wildman–Crippen MR) is 131 cm³/mol. The van der Waals surface area contributed by atoms with Crippen molar-refractivity contribution in [2.24, 2.45) is 5.92 Å². The molecule has 1 N–H and O–H groups in total. The molecule has 3 aromatic heterocycles. The van der Waals surface area contributed by atoms with Gasteiger partial charge < -0.3 is 14.7 Å². The summed E-state index contributed by atoms with van der Waals surface area (Å²) < 4.78 is 11.4. The van der Waals surface area contributed by atoms with E-state index in [-0.39, 0.29) is 28.3 Å². The van der Waals surface area contributed by atoms with Crippen molar-refractivity contribution in [3.8, 4) is 5.13 Å². The topological polar surface area (TPSA) is 128 Å². The maximum Gasteiger partial charge on any atom is 0.341 e. The first-order valence-electron chi connectivity index (χ1n) is 11.7. The summed E-state index contributed by atoms with van der Waals surface area (Å²) in [6, 6.07) is 1.78. The Balaban J connectivity index is 1.38. The molecule has 2 aliphatic heterocycles. The van der Waals surface area contributed by atoms with Crippen molar-refractivity contribution in [2.75, 3.05) is 24.6 Å². The van der Waals surface area contributed by atoms with E-state index in [1.165, 1.54) is 17.1 Å². The number of ketones is 1. The third-order valence-electron chi connectivity index (χ3n) is 7.04. The fourth-order valence-corrected chi connectivity index (χ4v) is 5.37. The van der Waals surface area contributed by atoms with E-state index in [4.69, 9.17) is 9.72 Å². The number of rotatable bonds is 7. The minimum absolute atomic E-state index is 0.0558. The van der Waals surface area contributed by atoms with Gasteiger partial charge in [0.2, 0.25) is 10.6 Å². The van der Waals surface area contributed by atoms with Gasteiger partial charge in [0, 0.05) is 43.8 Å². The van der Waals surface area contributed by atoms with Gasteiger partial charge in [-0.1, -0.05) is 0 Å². The molecule has 2 aliphatic rings. The van der Waals surface area contributed by atoms with Crippen LogP contribution in [0.1, 0.15) is 54.9 Å². The minimum Gasteiger partial charge on any atom is -0.477 e. The van der Waals surface area contributed by atoms with Crippen LogP contribution in [-0.2, 0) is 9.53 Å². The minimum atomic E-state index is -1.31. The highest BCUT2D eigenvalue weighted by atomic mass is 32.1. The van der Waals surface area contributed by atoms with Crippen LogP contribution in [0.15, 0.2) is 23.4 Å². The highest BCUT2D eigenvalue weighted by molar-refractivity contribution is 7.08. The lowest BCUT2D eigenvalue weighted by atomic mass is 9.86. The number of Topliss-reactive ketones (excluding diaryl/α,β-unsaturated/α-hetero) is 1. The maximum atomic E-state index is 12.9. The Morgan fingerprint density at radius 3 is 2.77 bits per heavy atom. The molecule has 0 aliphatic carbocycles. The number of anilines is 1. The zero-order valence-electron chi connectivity index (χ0n) is 19.7. The summed E-state index contributed by atoms with van der Waals surface area (Å²) in [7, 11) is 0. The molecule has 10 nitrogen and oxygen atoms in total. The predicted octanol–water partition coefficient (Wildman–Crippen LogP) is 2.99. The number of hydrogen-bond acceptors (Lipinski definition) is 9. The monoisotopic (exact) mass is 497 g/mol. The largest absolute Gasteiger partial charge is 0.477 e. The molecule has 0 amide bonds. The third kappa shape index (κ3) is 4.45. The van der Waals surface area contributed by atoms with Gasteiger partial charge in [0.25, 0.3) is 0 Å². The summed E-state index contributed by atoms with van der Waals surface area (Å²) in [5.41, 5.74) is -0.190. The molecule has 184 valence electrons. The number of carbonyl (C=O) groups is 2. The Morgan fingerprint density at radius 2 is 2.11 bits per heavy atom. The van der Waals surface area contributed by atoms with E-state index in [1.54, 1.807) is 13.0 Å². The second-order valence-electron chi connectivity index (χ2n) is 9.59. The summed E-state index contributed by atoms with van der Waals surface area (Å²) >= 11 is 1.08. The van der Waals surface area contributed by atoms with Gasteiger partial charge in [-0.2, -0.15) is 4.37 Å². The van der Waals surface area contributed by atoms with E-state index in [0.29, 0.717) is 41.7 Å². The quantitative estimate of drug-likeness (QED) is 0.524. The van der Waals surface area contributed by atoms with Crippen molar-refractivity contribution >= 4 is 40.1 Å². The van der Waals surface area contributed by atoms with Crippen molar-refractivity contribution in [3.63, 3.8) is 0 Å². The van der Waals surface area contributed by atoms with Crippen LogP contribution in [0, 0.1) is 12.8 Å². The van der Waals surface area contributed by atoms with E-state index >= 15 is 0 Å². The van der Waals surface area contributed by atoms with Gasteiger partial charge in [-0.05, 0) is 51.2 Å². The fraction of sp³-hybridized carbons (Fsp3) is 0.500. The summed E-state index contributed by atoms with van der Waals surface area (Å²) in [4.78, 5) is 48.3. The van der Waals surface area contributed by atoms with Crippen molar-refractivity contribution < 1.29 is 19.4 Å². The van der Waals surface area contributed by atoms with Crippen LogP contribution in [0.2, 0.25) is 0 Å². The van der Waals surface area contributed by atoms with Gasteiger partial charge in [0.15, 0.2) is 5.65 Å². The molecule has 0 spiro atoms. The van der Waals surface area contributed by atoms with Gasteiger partial charge >= 0.3 is 5.97 Å². The first kappa shape index (κ1) is 23.6. The molecule has 2 fully saturated rings. The summed E-state index contributed by atoms with van der Waals surface area (Å²) in [5.74, 6) is -0.483. The fourth-order valence-electron chi connectivity index (χ4n) is 4.86. The number of nitrogens with zero attached hydrogens (tertiary/aromatic N) is 5. The number of fused-ring (bicyclic) bond motifs is 1. The SMILES string of the molecule is Cc1cc(N2CC(C(=O)CCC3(C)CCCCO3)C2)nc2c1c(=O)c(C(=O)O)cn2-c1ncns1. The van der Waals surface area contributed by atoms with Gasteiger partial charge in [-0.15, -0.1) is 0 Å². The van der Waals surface area contributed by atoms with Crippen molar-refractivity contribution in [1.82, 2.24) is 18.9 Å². The molecule has 5 rings (SSSR count). The molecule has 0 aromatic carbocycles. The number of aromatic nitrogens is 4. The number of ether oxygens (including phenoxy) is 1. The average Bonchev–Trinajstić information content (AvgIpc) is 3.32. The van der Waals surface area contributed by atoms with Gasteiger partial charge in [-0.3, -0.25) is 14.2 Å². The second-order valence-corrected chi connectivity index (χ2v) is 10.3. The molecule has 0 saturated carbocycles. The molecule has 1 unspecified atom stereocenters. The van der Waals surface area contributed by atoms with Crippen LogP contribution >= 0.6 is 11.5 Å². The first-order chi connectivity index (χ1) is 16.8.